The molecule has 20 heavy (non-hydrogen) atoms. The number of carboxylic acids is 1. The third-order valence-corrected chi connectivity index (χ3v) is 3.70. The van der Waals surface area contributed by atoms with Gasteiger partial charge in [0.15, 0.2) is 0 Å². The number of hydrogen-bond acceptors (Lipinski definition) is 3. The normalized spacial score (nSPS) is 20.4. The molecule has 0 aliphatic carbocycles. The number of amides is 1. The van der Waals surface area contributed by atoms with Crippen LogP contribution in [-0.4, -0.2) is 41.0 Å². The fourth-order valence-electron chi connectivity index (χ4n) is 2.57. The molecule has 1 saturated heterocycles. The van der Waals surface area contributed by atoms with E-state index in [2.05, 4.69) is 0 Å². The number of aliphatic carboxylic acids is 1. The van der Waals surface area contributed by atoms with E-state index in [9.17, 15) is 9.59 Å². The van der Waals surface area contributed by atoms with Crippen molar-refractivity contribution in [2.24, 2.45) is 11.7 Å². The molecule has 1 aromatic rings. The summed E-state index contributed by atoms with van der Waals surface area (Å²) in [5.41, 5.74) is 6.98. The van der Waals surface area contributed by atoms with Crippen molar-refractivity contribution >= 4 is 11.9 Å². The fraction of sp³-hybridized carbons (Fsp3) is 0.467. The van der Waals surface area contributed by atoms with Gasteiger partial charge in [0.1, 0.15) is 0 Å². The molecule has 0 spiro atoms. The molecule has 5 heteroatoms. The van der Waals surface area contributed by atoms with E-state index in [1.807, 2.05) is 30.3 Å². The zero-order chi connectivity index (χ0) is 14.5. The van der Waals surface area contributed by atoms with Crippen molar-refractivity contribution in [1.82, 2.24) is 4.90 Å². The molecule has 2 rings (SSSR count). The molecule has 3 N–H and O–H groups in total. The van der Waals surface area contributed by atoms with E-state index in [4.69, 9.17) is 10.8 Å². The fourth-order valence-corrected chi connectivity index (χ4v) is 2.57. The van der Waals surface area contributed by atoms with E-state index >= 15 is 0 Å². The number of carboxylic acid groups (broad SMARTS) is 1. The Hall–Kier alpha value is -1.88. The molecule has 5 nitrogen and oxygen atoms in total. The smallest absolute Gasteiger partial charge is 0.308 e. The van der Waals surface area contributed by atoms with Crippen LogP contribution in [0.25, 0.3) is 0 Å². The summed E-state index contributed by atoms with van der Waals surface area (Å²) in [5, 5.41) is 9.04. The Morgan fingerprint density at radius 2 is 2.05 bits per heavy atom. The second-order valence-corrected chi connectivity index (χ2v) is 5.26. The van der Waals surface area contributed by atoms with Gasteiger partial charge in [0.2, 0.25) is 5.91 Å². The first kappa shape index (κ1) is 14.5. The number of carbonyl (C=O) groups is 2. The van der Waals surface area contributed by atoms with Crippen LogP contribution in [0.1, 0.15) is 18.4 Å². The molecule has 1 aliphatic heterocycles. The molecule has 0 unspecified atom stereocenters. The average Bonchev–Trinajstić information content (AvgIpc) is 2.47. The predicted octanol–water partition coefficient (Wildman–Crippen LogP) is 0.880. The molecule has 0 bridgehead atoms. The summed E-state index contributed by atoms with van der Waals surface area (Å²) >= 11 is 0. The van der Waals surface area contributed by atoms with E-state index < -0.39 is 17.9 Å². The lowest BCUT2D eigenvalue weighted by Gasteiger charge is -2.32. The van der Waals surface area contributed by atoms with Gasteiger partial charge in [0, 0.05) is 13.1 Å². The Kier molecular flexibility index (Phi) is 4.74. The van der Waals surface area contributed by atoms with Crippen LogP contribution in [0.2, 0.25) is 0 Å². The zero-order valence-corrected chi connectivity index (χ0v) is 11.4. The minimum absolute atomic E-state index is 0.153. The minimum atomic E-state index is -0.834. The third-order valence-electron chi connectivity index (χ3n) is 3.70. The summed E-state index contributed by atoms with van der Waals surface area (Å²) in [6, 6.07) is 9.00. The largest absolute Gasteiger partial charge is 0.481 e. The summed E-state index contributed by atoms with van der Waals surface area (Å²) in [5.74, 6) is -1.45. The van der Waals surface area contributed by atoms with Gasteiger partial charge in [-0.25, -0.2) is 0 Å². The van der Waals surface area contributed by atoms with Gasteiger partial charge in [-0.1, -0.05) is 30.3 Å². The van der Waals surface area contributed by atoms with Crippen LogP contribution in [0.5, 0.6) is 0 Å². The second-order valence-electron chi connectivity index (χ2n) is 5.26. The molecular weight excluding hydrogens is 256 g/mol. The monoisotopic (exact) mass is 276 g/mol. The Labute approximate surface area is 118 Å². The van der Waals surface area contributed by atoms with Crippen molar-refractivity contribution < 1.29 is 14.7 Å². The maximum atomic E-state index is 12.3. The quantitative estimate of drug-likeness (QED) is 0.855. The number of nitrogens with zero attached hydrogens (tertiary/aromatic N) is 1. The van der Waals surface area contributed by atoms with Gasteiger partial charge in [-0.15, -0.1) is 0 Å². The highest BCUT2D eigenvalue weighted by atomic mass is 16.4. The summed E-state index contributed by atoms with van der Waals surface area (Å²) < 4.78 is 0. The van der Waals surface area contributed by atoms with Crippen LogP contribution in [0.3, 0.4) is 0 Å². The number of carbonyl (C=O) groups excluding carboxylic acids is 1. The molecule has 0 radical (unpaired) electrons. The van der Waals surface area contributed by atoms with Crippen LogP contribution < -0.4 is 5.73 Å². The summed E-state index contributed by atoms with van der Waals surface area (Å²) in [6.07, 6.45) is 1.84. The standard InChI is InChI=1S/C15H20N2O3/c16-13(9-11-5-2-1-3-6-11)14(18)17-8-4-7-12(10-17)15(19)20/h1-3,5-6,12-13H,4,7-10,16H2,(H,19,20)/t12-,13-/m0/s1. The van der Waals surface area contributed by atoms with Crippen LogP contribution in [0.15, 0.2) is 30.3 Å². The van der Waals surface area contributed by atoms with Gasteiger partial charge in [0.05, 0.1) is 12.0 Å². The van der Waals surface area contributed by atoms with Crippen molar-refractivity contribution in [2.75, 3.05) is 13.1 Å². The molecule has 108 valence electrons. The number of hydrogen-bond donors (Lipinski definition) is 2. The van der Waals surface area contributed by atoms with Crippen molar-refractivity contribution in [3.63, 3.8) is 0 Å². The van der Waals surface area contributed by atoms with Crippen molar-refractivity contribution in [2.45, 2.75) is 25.3 Å². The van der Waals surface area contributed by atoms with Gasteiger partial charge in [0.25, 0.3) is 0 Å². The summed E-state index contributed by atoms with van der Waals surface area (Å²) in [4.78, 5) is 24.9. The summed E-state index contributed by atoms with van der Waals surface area (Å²) in [6.45, 7) is 0.877. The van der Waals surface area contributed by atoms with Gasteiger partial charge < -0.3 is 15.7 Å². The number of likely N-dealkylation sites (tertiary alicyclic amines) is 1. The lowest BCUT2D eigenvalue weighted by atomic mass is 9.97. The van der Waals surface area contributed by atoms with Crippen LogP contribution in [-0.2, 0) is 16.0 Å². The third kappa shape index (κ3) is 3.57. The topological polar surface area (TPSA) is 83.6 Å². The molecule has 0 aromatic heterocycles. The lowest BCUT2D eigenvalue weighted by molar-refractivity contribution is -0.146. The number of rotatable bonds is 4. The Balaban J connectivity index is 1.94. The molecule has 2 atom stereocenters. The average molecular weight is 276 g/mol. The molecule has 1 aromatic carbocycles. The summed E-state index contributed by atoms with van der Waals surface area (Å²) in [7, 11) is 0. The van der Waals surface area contributed by atoms with E-state index in [0.29, 0.717) is 19.4 Å². The second kappa shape index (κ2) is 6.52. The van der Waals surface area contributed by atoms with E-state index in [-0.39, 0.29) is 12.5 Å². The molecule has 1 amide bonds. The lowest BCUT2D eigenvalue weighted by Crippen LogP contribution is -2.49. The highest BCUT2D eigenvalue weighted by Crippen LogP contribution is 2.17. The van der Waals surface area contributed by atoms with Gasteiger partial charge in [-0.05, 0) is 24.8 Å². The molecule has 1 heterocycles. The van der Waals surface area contributed by atoms with Crippen molar-refractivity contribution in [1.29, 1.82) is 0 Å². The highest BCUT2D eigenvalue weighted by molar-refractivity contribution is 5.83. The van der Waals surface area contributed by atoms with Gasteiger partial charge in [-0.3, -0.25) is 9.59 Å². The van der Waals surface area contributed by atoms with Crippen LogP contribution in [0.4, 0.5) is 0 Å². The number of benzene rings is 1. The first-order chi connectivity index (χ1) is 9.58. The van der Waals surface area contributed by atoms with E-state index in [1.165, 1.54) is 0 Å². The Morgan fingerprint density at radius 3 is 2.70 bits per heavy atom. The van der Waals surface area contributed by atoms with Crippen LogP contribution in [0, 0.1) is 5.92 Å². The van der Waals surface area contributed by atoms with Crippen molar-refractivity contribution in [3.05, 3.63) is 35.9 Å². The zero-order valence-electron chi connectivity index (χ0n) is 11.4. The maximum Gasteiger partial charge on any atom is 0.308 e. The number of piperidine rings is 1. The molecule has 1 aliphatic rings. The first-order valence-electron chi connectivity index (χ1n) is 6.89. The molecular formula is C15H20N2O3. The highest BCUT2D eigenvalue weighted by Gasteiger charge is 2.30. The van der Waals surface area contributed by atoms with Gasteiger partial charge in [-0.2, -0.15) is 0 Å². The minimum Gasteiger partial charge on any atom is -0.481 e. The van der Waals surface area contributed by atoms with Crippen LogP contribution >= 0.6 is 0 Å². The van der Waals surface area contributed by atoms with Crippen molar-refractivity contribution in [3.8, 4) is 0 Å². The molecule has 0 saturated carbocycles. The van der Waals surface area contributed by atoms with E-state index in [0.717, 1.165) is 12.0 Å². The van der Waals surface area contributed by atoms with Gasteiger partial charge >= 0.3 is 5.97 Å². The molecule has 1 fully saturated rings. The Bertz CT molecular complexity index is 475. The number of nitrogens with two attached hydrogens (primary N) is 1. The first-order valence-corrected chi connectivity index (χ1v) is 6.89. The SMILES string of the molecule is N[C@@H](Cc1ccccc1)C(=O)N1CCC[C@H](C(=O)O)C1. The Morgan fingerprint density at radius 1 is 1.35 bits per heavy atom. The van der Waals surface area contributed by atoms with E-state index in [1.54, 1.807) is 4.90 Å². The predicted molar refractivity (Wildman–Crippen MR) is 75.1 cm³/mol. The maximum absolute atomic E-state index is 12.3.